The second-order valence-electron chi connectivity index (χ2n) is 10.4. The molecule has 2 aromatic heterocycles. The molecular formula is C29H28ClF3N4O3. The fourth-order valence-corrected chi connectivity index (χ4v) is 4.68. The monoisotopic (exact) mass is 572 g/mol. The summed E-state index contributed by atoms with van der Waals surface area (Å²) in [6.07, 6.45) is -4.59. The van der Waals surface area contributed by atoms with Crippen LogP contribution in [0, 0.1) is 0 Å². The zero-order valence-electron chi connectivity index (χ0n) is 22.4. The van der Waals surface area contributed by atoms with E-state index in [1.165, 1.54) is 10.6 Å². The summed E-state index contributed by atoms with van der Waals surface area (Å²) in [5.74, 6) is -1.09. The maximum Gasteiger partial charge on any atom is 0.408 e. The van der Waals surface area contributed by atoms with Crippen LogP contribution in [0.4, 0.5) is 13.2 Å². The summed E-state index contributed by atoms with van der Waals surface area (Å²) in [4.78, 5) is 40.1. The van der Waals surface area contributed by atoms with Gasteiger partial charge in [0.1, 0.15) is 12.2 Å². The van der Waals surface area contributed by atoms with Crippen LogP contribution in [-0.4, -0.2) is 37.8 Å². The van der Waals surface area contributed by atoms with E-state index in [-0.39, 0.29) is 41.2 Å². The van der Waals surface area contributed by atoms with Crippen LogP contribution >= 0.6 is 11.6 Å². The molecule has 0 aliphatic rings. The first-order chi connectivity index (χ1) is 18.7. The topological polar surface area (TPSA) is 86.0 Å². The Morgan fingerprint density at radius 2 is 1.68 bits per heavy atom. The molecule has 2 aromatic carbocycles. The largest absolute Gasteiger partial charge is 0.408 e. The van der Waals surface area contributed by atoms with Gasteiger partial charge in [-0.3, -0.25) is 23.6 Å². The minimum absolute atomic E-state index is 0.0166. The number of hydrogen-bond donors (Lipinski definition) is 1. The molecule has 2 heterocycles. The van der Waals surface area contributed by atoms with Crippen molar-refractivity contribution in [3.63, 3.8) is 0 Å². The highest BCUT2D eigenvalue weighted by atomic mass is 35.5. The molecule has 1 N–H and O–H groups in total. The van der Waals surface area contributed by atoms with Crippen molar-refractivity contribution >= 4 is 34.1 Å². The van der Waals surface area contributed by atoms with Gasteiger partial charge in [0.05, 0.1) is 17.9 Å². The Morgan fingerprint density at radius 3 is 2.27 bits per heavy atom. The number of halogens is 4. The lowest BCUT2D eigenvalue weighted by atomic mass is 9.94. The lowest BCUT2D eigenvalue weighted by Gasteiger charge is -2.20. The zero-order chi connectivity index (χ0) is 29.4. The zero-order valence-corrected chi connectivity index (χ0v) is 23.2. The van der Waals surface area contributed by atoms with E-state index in [9.17, 15) is 27.6 Å². The average molecular weight is 573 g/mol. The maximum absolute atomic E-state index is 13.8. The van der Waals surface area contributed by atoms with Gasteiger partial charge in [0.25, 0.3) is 11.5 Å². The first-order valence-corrected chi connectivity index (χ1v) is 13.0. The minimum Gasteiger partial charge on any atom is -0.346 e. The second-order valence-corrected chi connectivity index (χ2v) is 10.9. The molecule has 0 atom stereocenters. The van der Waals surface area contributed by atoms with E-state index in [1.807, 2.05) is 6.07 Å². The van der Waals surface area contributed by atoms with E-state index >= 15 is 0 Å². The molecule has 0 radical (unpaired) electrons. The Bertz CT molecular complexity index is 1650. The quantitative estimate of drug-likeness (QED) is 0.265. The number of nitrogens with zero attached hydrogens (tertiary/aromatic N) is 3. The molecule has 0 saturated carbocycles. The van der Waals surface area contributed by atoms with Gasteiger partial charge in [0.15, 0.2) is 5.78 Å². The number of fused-ring (bicyclic) bond motifs is 1. The molecule has 1 amide bonds. The van der Waals surface area contributed by atoms with Gasteiger partial charge in [-0.2, -0.15) is 18.3 Å². The van der Waals surface area contributed by atoms with Crippen LogP contribution in [0.1, 0.15) is 60.8 Å². The number of aromatic nitrogens is 3. The van der Waals surface area contributed by atoms with Crippen LogP contribution < -0.4 is 10.9 Å². The molecule has 0 bridgehead atoms. The summed E-state index contributed by atoms with van der Waals surface area (Å²) >= 11 is 6.28. The van der Waals surface area contributed by atoms with Gasteiger partial charge < -0.3 is 5.32 Å². The maximum atomic E-state index is 13.8. The van der Waals surface area contributed by atoms with Crippen molar-refractivity contribution in [2.45, 2.75) is 58.9 Å². The number of alkyl halides is 3. The number of ketones is 1. The number of hydrogen-bond acceptors (Lipinski definition) is 4. The predicted molar refractivity (Wildman–Crippen MR) is 148 cm³/mol. The summed E-state index contributed by atoms with van der Waals surface area (Å²) in [7, 11) is 0. The normalized spacial score (nSPS) is 12.1. The van der Waals surface area contributed by atoms with Crippen molar-refractivity contribution in [1.29, 1.82) is 0 Å². The van der Waals surface area contributed by atoms with E-state index < -0.39 is 29.7 Å². The number of nitrogens with one attached hydrogen (secondary N) is 1. The molecule has 210 valence electrons. The van der Waals surface area contributed by atoms with Crippen molar-refractivity contribution in [2.24, 2.45) is 0 Å². The Hall–Kier alpha value is -3.92. The van der Waals surface area contributed by atoms with E-state index in [0.29, 0.717) is 26.2 Å². The van der Waals surface area contributed by atoms with Gasteiger partial charge in [0, 0.05) is 27.9 Å². The molecule has 0 aliphatic heterocycles. The number of benzene rings is 2. The van der Waals surface area contributed by atoms with Crippen molar-refractivity contribution in [1.82, 2.24) is 19.7 Å². The number of amides is 1. The summed E-state index contributed by atoms with van der Waals surface area (Å²) < 4.78 is 41.9. The lowest BCUT2D eigenvalue weighted by Crippen LogP contribution is -2.41. The van der Waals surface area contributed by atoms with Crippen LogP contribution in [-0.2, 0) is 13.1 Å². The number of pyridine rings is 1. The van der Waals surface area contributed by atoms with Gasteiger partial charge in [-0.25, -0.2) is 0 Å². The molecule has 7 nitrogen and oxygen atoms in total. The third kappa shape index (κ3) is 6.28. The third-order valence-electron chi connectivity index (χ3n) is 6.08. The molecule has 0 spiro atoms. The van der Waals surface area contributed by atoms with E-state index in [2.05, 4.69) is 10.4 Å². The molecule has 0 fully saturated rings. The first-order valence-electron chi connectivity index (χ1n) is 12.6. The molecule has 4 rings (SSSR count). The summed E-state index contributed by atoms with van der Waals surface area (Å²) in [5, 5.41) is 7.82. The Labute approximate surface area is 233 Å². The fraction of sp³-hybridized carbons (Fsp3) is 0.310. The van der Waals surface area contributed by atoms with Gasteiger partial charge in [-0.05, 0) is 56.0 Å². The summed E-state index contributed by atoms with van der Waals surface area (Å²) in [6.45, 7) is 4.92. The van der Waals surface area contributed by atoms with E-state index in [4.69, 9.17) is 11.6 Å². The van der Waals surface area contributed by atoms with Crippen LogP contribution in [0.25, 0.3) is 21.9 Å². The van der Waals surface area contributed by atoms with E-state index in [0.717, 1.165) is 0 Å². The summed E-state index contributed by atoms with van der Waals surface area (Å²) in [6, 6.07) is 14.9. The van der Waals surface area contributed by atoms with Crippen LogP contribution in [0.3, 0.4) is 0 Å². The van der Waals surface area contributed by atoms with Gasteiger partial charge in [-0.15, -0.1) is 0 Å². The number of carbonyl (C=O) groups is 2. The molecule has 0 unspecified atom stereocenters. The number of Topliss-reactive ketones (excluding diaryl/α,β-unsaturated/α-hetero) is 1. The lowest BCUT2D eigenvalue weighted by molar-refractivity contribution is -0.142. The second kappa shape index (κ2) is 10.9. The third-order valence-corrected chi connectivity index (χ3v) is 6.32. The smallest absolute Gasteiger partial charge is 0.346 e. The van der Waals surface area contributed by atoms with Gasteiger partial charge in [0.2, 0.25) is 0 Å². The minimum atomic E-state index is -4.65. The van der Waals surface area contributed by atoms with Crippen LogP contribution in [0.15, 0.2) is 59.4 Å². The standard InChI is InChI=1S/C29H28ClF3N4O3/c1-5-23(38)25-24(17-9-7-6-8-10-17)21-13-18(30)11-12-20(21)27(40)36(25)15-19-14-22(26(39)34-28(2,3)4)37(35-19)16-29(31,32)33/h6-14H,5,15-16H2,1-4H3,(H,34,39). The predicted octanol–water partition coefficient (Wildman–Crippen LogP) is 6.25. The average Bonchev–Trinajstić information content (AvgIpc) is 3.25. The Kier molecular flexibility index (Phi) is 7.94. The van der Waals surface area contributed by atoms with E-state index in [1.54, 1.807) is 70.2 Å². The molecular weight excluding hydrogens is 545 g/mol. The van der Waals surface area contributed by atoms with Gasteiger partial charge >= 0.3 is 6.18 Å². The molecule has 4 aromatic rings. The Balaban J connectivity index is 1.98. The Morgan fingerprint density at radius 1 is 1.00 bits per heavy atom. The van der Waals surface area contributed by atoms with Gasteiger partial charge in [-0.1, -0.05) is 48.9 Å². The highest BCUT2D eigenvalue weighted by Crippen LogP contribution is 2.33. The van der Waals surface area contributed by atoms with Crippen molar-refractivity contribution in [3.8, 4) is 11.1 Å². The number of carbonyl (C=O) groups excluding carboxylic acids is 2. The van der Waals surface area contributed by atoms with Crippen LogP contribution in [0.5, 0.6) is 0 Å². The SMILES string of the molecule is CCC(=O)c1c(-c2ccccc2)c2cc(Cl)ccc2c(=O)n1Cc1cc(C(=O)NC(C)(C)C)n(CC(F)(F)F)n1. The highest BCUT2D eigenvalue weighted by Gasteiger charge is 2.32. The van der Waals surface area contributed by atoms with Crippen molar-refractivity contribution in [2.75, 3.05) is 0 Å². The first kappa shape index (κ1) is 29.1. The van der Waals surface area contributed by atoms with Crippen LogP contribution in [0.2, 0.25) is 5.02 Å². The molecule has 0 aliphatic carbocycles. The summed E-state index contributed by atoms with van der Waals surface area (Å²) in [5.41, 5.74) is -0.323. The molecule has 40 heavy (non-hydrogen) atoms. The fourth-order valence-electron chi connectivity index (χ4n) is 4.51. The number of rotatable bonds is 7. The van der Waals surface area contributed by atoms with Crippen molar-refractivity contribution in [3.05, 3.63) is 87.1 Å². The molecule has 0 saturated heterocycles. The highest BCUT2D eigenvalue weighted by molar-refractivity contribution is 6.31. The molecule has 11 heteroatoms. The van der Waals surface area contributed by atoms with Crippen molar-refractivity contribution < 1.29 is 22.8 Å².